The van der Waals surface area contributed by atoms with Crippen LogP contribution in [0.1, 0.15) is 32.1 Å². The van der Waals surface area contributed by atoms with Gasteiger partial charge in [-0.2, -0.15) is 4.72 Å². The fraction of sp³-hybridized carbons (Fsp3) is 0.292. The van der Waals surface area contributed by atoms with Gasteiger partial charge in [-0.3, -0.25) is 4.79 Å². The van der Waals surface area contributed by atoms with E-state index in [1.807, 2.05) is 18.2 Å². The Hall–Kier alpha value is -2.68. The lowest BCUT2D eigenvalue weighted by molar-refractivity contribution is -0.140. The van der Waals surface area contributed by atoms with Gasteiger partial charge < -0.3 is 9.52 Å². The van der Waals surface area contributed by atoms with Crippen molar-refractivity contribution in [2.45, 2.75) is 44.6 Å². The van der Waals surface area contributed by atoms with Gasteiger partial charge in [-0.1, -0.05) is 33.3 Å². The molecular weight excluding hydrogens is 446 g/mol. The maximum absolute atomic E-state index is 12.8. The van der Waals surface area contributed by atoms with E-state index in [4.69, 9.17) is 4.42 Å². The van der Waals surface area contributed by atoms with E-state index in [1.165, 1.54) is 17.0 Å². The monoisotopic (exact) mass is 471 g/mol. The van der Waals surface area contributed by atoms with Crippen LogP contribution in [0.5, 0.6) is 0 Å². The molecule has 2 N–H and O–H groups in total. The van der Waals surface area contributed by atoms with Crippen LogP contribution in [0.25, 0.3) is 32.4 Å². The summed E-state index contributed by atoms with van der Waals surface area (Å²) in [7, 11) is -4.01. The molecule has 0 unspecified atom stereocenters. The van der Waals surface area contributed by atoms with E-state index < -0.39 is 28.0 Å². The van der Waals surface area contributed by atoms with Crippen LogP contribution in [0.4, 0.5) is 0 Å². The number of thiophene rings is 1. The number of carboxylic acids is 1. The Labute approximate surface area is 190 Å². The van der Waals surface area contributed by atoms with E-state index in [0.717, 1.165) is 28.7 Å². The summed E-state index contributed by atoms with van der Waals surface area (Å²) >= 11 is 1.76. The van der Waals surface area contributed by atoms with E-state index in [9.17, 15) is 18.3 Å². The van der Waals surface area contributed by atoms with Crippen LogP contribution in [0.15, 0.2) is 57.8 Å². The first-order valence-electron chi connectivity index (χ1n) is 10.5. The normalized spacial score (nSPS) is 13.2. The molecule has 0 saturated carbocycles. The second kappa shape index (κ2) is 8.69. The van der Waals surface area contributed by atoms with Gasteiger partial charge in [-0.15, -0.1) is 11.3 Å². The molecule has 6 nitrogen and oxygen atoms in total. The Morgan fingerprint density at radius 1 is 1.06 bits per heavy atom. The van der Waals surface area contributed by atoms with Crippen LogP contribution < -0.4 is 4.72 Å². The molecule has 0 saturated heterocycles. The number of sulfonamides is 1. The first-order chi connectivity index (χ1) is 15.2. The molecule has 8 heteroatoms. The predicted octanol–water partition coefficient (Wildman–Crippen LogP) is 5.65. The SMILES string of the molecule is CCCc1ccc(-c2ccc3c(c2)oc2ccc(S(=O)(=O)N[C@H](C(=O)O)C(C)C)cc23)s1. The van der Waals surface area contributed by atoms with Crippen molar-refractivity contribution in [3.63, 3.8) is 0 Å². The molecule has 0 aliphatic carbocycles. The first-order valence-corrected chi connectivity index (χ1v) is 12.8. The molecular formula is C24H25NO5S2. The van der Waals surface area contributed by atoms with Crippen LogP contribution in [0.3, 0.4) is 0 Å². The van der Waals surface area contributed by atoms with Crippen LogP contribution in [0.2, 0.25) is 0 Å². The Morgan fingerprint density at radius 2 is 1.84 bits per heavy atom. The highest BCUT2D eigenvalue weighted by Crippen LogP contribution is 2.35. The van der Waals surface area contributed by atoms with Crippen LogP contribution in [0, 0.1) is 5.92 Å². The summed E-state index contributed by atoms with van der Waals surface area (Å²) in [4.78, 5) is 14.0. The van der Waals surface area contributed by atoms with Crippen molar-refractivity contribution in [1.29, 1.82) is 0 Å². The topological polar surface area (TPSA) is 96.6 Å². The maximum Gasteiger partial charge on any atom is 0.322 e. The quantitative estimate of drug-likeness (QED) is 0.346. The highest BCUT2D eigenvalue weighted by atomic mass is 32.2. The highest BCUT2D eigenvalue weighted by Gasteiger charge is 2.28. The van der Waals surface area contributed by atoms with E-state index in [0.29, 0.717) is 16.6 Å². The Bertz CT molecular complexity index is 1400. The average Bonchev–Trinajstić information content (AvgIpc) is 3.35. The summed E-state index contributed by atoms with van der Waals surface area (Å²) in [6.45, 7) is 5.48. The second-order valence-electron chi connectivity index (χ2n) is 8.17. The number of benzene rings is 2. The van der Waals surface area contributed by atoms with Gasteiger partial charge in [0, 0.05) is 20.5 Å². The van der Waals surface area contributed by atoms with Crippen molar-refractivity contribution in [2.75, 3.05) is 0 Å². The fourth-order valence-electron chi connectivity index (χ4n) is 3.70. The van der Waals surface area contributed by atoms with E-state index in [2.05, 4.69) is 23.8 Å². The van der Waals surface area contributed by atoms with Crippen molar-refractivity contribution in [2.24, 2.45) is 5.92 Å². The van der Waals surface area contributed by atoms with Gasteiger partial charge in [-0.05, 0) is 60.4 Å². The molecule has 0 amide bonds. The number of fused-ring (bicyclic) bond motifs is 3. The largest absolute Gasteiger partial charge is 0.480 e. The van der Waals surface area contributed by atoms with E-state index in [1.54, 1.807) is 31.3 Å². The third-order valence-electron chi connectivity index (χ3n) is 5.41. The third-order valence-corrected chi connectivity index (χ3v) is 8.04. The summed E-state index contributed by atoms with van der Waals surface area (Å²) < 4.78 is 34.0. The lowest BCUT2D eigenvalue weighted by Crippen LogP contribution is -2.44. The number of hydrogen-bond donors (Lipinski definition) is 2. The smallest absolute Gasteiger partial charge is 0.322 e. The Kier molecular flexibility index (Phi) is 6.11. The highest BCUT2D eigenvalue weighted by molar-refractivity contribution is 7.89. The zero-order chi connectivity index (χ0) is 23.0. The molecule has 168 valence electrons. The van der Waals surface area contributed by atoms with Gasteiger partial charge >= 0.3 is 5.97 Å². The minimum absolute atomic E-state index is 0.00569. The first kappa shape index (κ1) is 22.5. The summed E-state index contributed by atoms with van der Waals surface area (Å²) in [5.74, 6) is -1.60. The van der Waals surface area contributed by atoms with Gasteiger partial charge in [0.1, 0.15) is 17.2 Å². The zero-order valence-corrected chi connectivity index (χ0v) is 19.7. The van der Waals surface area contributed by atoms with Crippen LogP contribution in [-0.2, 0) is 21.2 Å². The number of rotatable bonds is 8. The van der Waals surface area contributed by atoms with Crippen molar-refractivity contribution >= 4 is 49.3 Å². The zero-order valence-electron chi connectivity index (χ0n) is 18.1. The summed E-state index contributed by atoms with van der Waals surface area (Å²) in [6.07, 6.45) is 2.16. The van der Waals surface area contributed by atoms with Gasteiger partial charge in [0.15, 0.2) is 0 Å². The molecule has 2 aromatic carbocycles. The molecule has 0 radical (unpaired) electrons. The lowest BCUT2D eigenvalue weighted by atomic mass is 10.1. The van der Waals surface area contributed by atoms with Crippen molar-refractivity contribution < 1.29 is 22.7 Å². The second-order valence-corrected chi connectivity index (χ2v) is 11.1. The number of furan rings is 1. The Balaban J connectivity index is 1.72. The van der Waals surface area contributed by atoms with Crippen molar-refractivity contribution in [1.82, 2.24) is 4.72 Å². The standard InChI is InChI=1S/C24H25NO5S2/c1-4-5-16-7-11-22(31-16)15-6-9-18-19-13-17(8-10-20(19)30-21(18)12-15)32(28,29)25-23(14(2)3)24(26)27/h6-14,23,25H,4-5H2,1-3H3,(H,26,27)/t23-/m0/s1. The van der Waals surface area contributed by atoms with E-state index >= 15 is 0 Å². The molecule has 4 rings (SSSR count). The van der Waals surface area contributed by atoms with Crippen molar-refractivity contribution in [3.05, 3.63) is 53.4 Å². The molecule has 0 spiro atoms. The van der Waals surface area contributed by atoms with Crippen molar-refractivity contribution in [3.8, 4) is 10.4 Å². The van der Waals surface area contributed by atoms with Gasteiger partial charge in [0.2, 0.25) is 10.0 Å². The summed E-state index contributed by atoms with van der Waals surface area (Å²) in [6, 6.07) is 13.6. The number of aliphatic carboxylic acids is 1. The minimum atomic E-state index is -4.01. The molecule has 0 aliphatic heterocycles. The van der Waals surface area contributed by atoms with Gasteiger partial charge in [-0.25, -0.2) is 8.42 Å². The number of hydrogen-bond acceptors (Lipinski definition) is 5. The van der Waals surface area contributed by atoms with Gasteiger partial charge in [0.25, 0.3) is 0 Å². The number of nitrogens with one attached hydrogen (secondary N) is 1. The lowest BCUT2D eigenvalue weighted by Gasteiger charge is -2.17. The number of aryl methyl sites for hydroxylation is 1. The maximum atomic E-state index is 12.8. The molecule has 0 fully saturated rings. The van der Waals surface area contributed by atoms with Crippen LogP contribution >= 0.6 is 11.3 Å². The molecule has 2 heterocycles. The number of carboxylic acid groups (broad SMARTS) is 1. The third kappa shape index (κ3) is 4.30. The van der Waals surface area contributed by atoms with Gasteiger partial charge in [0.05, 0.1) is 4.90 Å². The molecule has 0 aliphatic rings. The average molecular weight is 472 g/mol. The molecule has 2 aromatic heterocycles. The predicted molar refractivity (Wildman–Crippen MR) is 128 cm³/mol. The van der Waals surface area contributed by atoms with Crippen LogP contribution in [-0.4, -0.2) is 25.5 Å². The molecule has 4 aromatic rings. The minimum Gasteiger partial charge on any atom is -0.480 e. The number of carbonyl (C=O) groups is 1. The molecule has 0 bridgehead atoms. The molecule has 32 heavy (non-hydrogen) atoms. The summed E-state index contributed by atoms with van der Waals surface area (Å²) in [5, 5.41) is 10.8. The fourth-order valence-corrected chi connectivity index (χ4v) is 6.17. The molecule has 1 atom stereocenters. The van der Waals surface area contributed by atoms with E-state index in [-0.39, 0.29) is 4.90 Å². The summed E-state index contributed by atoms with van der Waals surface area (Å²) in [5.41, 5.74) is 2.31. The Morgan fingerprint density at radius 3 is 2.53 bits per heavy atom.